The van der Waals surface area contributed by atoms with Crippen LogP contribution in [0.5, 0.6) is 11.5 Å². The molecule has 0 unspecified atom stereocenters. The first-order valence-corrected chi connectivity index (χ1v) is 9.99. The minimum absolute atomic E-state index is 0.110. The Morgan fingerprint density at radius 2 is 1.94 bits per heavy atom. The highest BCUT2D eigenvalue weighted by molar-refractivity contribution is 6.32. The number of nitriles is 1. The van der Waals surface area contributed by atoms with E-state index in [-0.39, 0.29) is 28.7 Å². The van der Waals surface area contributed by atoms with E-state index in [2.05, 4.69) is 6.07 Å². The fourth-order valence-corrected chi connectivity index (χ4v) is 3.22. The summed E-state index contributed by atoms with van der Waals surface area (Å²) in [5.41, 5.74) is 1.85. The molecule has 32 heavy (non-hydrogen) atoms. The fraction of sp³-hybridized carbons (Fsp3) is 0.125. The first-order valence-electron chi connectivity index (χ1n) is 9.61. The smallest absolute Gasteiger partial charge is 0.270 e. The standard InChI is InChI=1S/C24H18ClFN2O4/c1-2-31-23-12-17(10-19(14-27)18-4-3-5-21(13-18)28(29)30)11-22(25)24(23)32-15-16-6-8-20(26)9-7-16/h3-13H,2,15H2,1H3/b19-10-. The quantitative estimate of drug-likeness (QED) is 0.170. The molecule has 0 heterocycles. The van der Waals surface area contributed by atoms with Gasteiger partial charge in [0.25, 0.3) is 5.69 Å². The highest BCUT2D eigenvalue weighted by Gasteiger charge is 2.14. The largest absolute Gasteiger partial charge is 0.490 e. The summed E-state index contributed by atoms with van der Waals surface area (Å²) in [6.45, 7) is 2.32. The molecule has 162 valence electrons. The molecule has 0 aliphatic heterocycles. The van der Waals surface area contributed by atoms with E-state index in [1.165, 1.54) is 30.3 Å². The Balaban J connectivity index is 1.93. The molecule has 8 heteroatoms. The van der Waals surface area contributed by atoms with Gasteiger partial charge in [-0.1, -0.05) is 35.9 Å². The number of rotatable bonds is 8. The number of allylic oxidation sites excluding steroid dienone is 1. The molecule has 0 saturated carbocycles. The fourth-order valence-electron chi connectivity index (χ4n) is 2.94. The second-order valence-corrected chi connectivity index (χ2v) is 7.06. The molecule has 0 bridgehead atoms. The zero-order chi connectivity index (χ0) is 23.1. The molecular formula is C24H18ClFN2O4. The number of non-ortho nitro benzene ring substituents is 1. The molecule has 3 aromatic rings. The van der Waals surface area contributed by atoms with E-state index in [0.717, 1.165) is 5.56 Å². The Kier molecular flexibility index (Phi) is 7.42. The maximum atomic E-state index is 13.1. The van der Waals surface area contributed by atoms with E-state index in [1.54, 1.807) is 36.4 Å². The highest BCUT2D eigenvalue weighted by Crippen LogP contribution is 2.38. The number of nitrogens with zero attached hydrogens (tertiary/aromatic N) is 2. The number of hydrogen-bond donors (Lipinski definition) is 0. The molecule has 0 aromatic heterocycles. The lowest BCUT2D eigenvalue weighted by Gasteiger charge is -2.15. The molecule has 0 atom stereocenters. The number of nitro benzene ring substituents is 1. The minimum Gasteiger partial charge on any atom is -0.490 e. The van der Waals surface area contributed by atoms with Gasteiger partial charge in [0.05, 0.1) is 28.2 Å². The molecule has 0 aliphatic carbocycles. The average molecular weight is 453 g/mol. The Bertz CT molecular complexity index is 1200. The van der Waals surface area contributed by atoms with Crippen LogP contribution in [0.4, 0.5) is 10.1 Å². The number of ether oxygens (including phenoxy) is 2. The average Bonchev–Trinajstić information content (AvgIpc) is 2.78. The van der Waals surface area contributed by atoms with E-state index < -0.39 is 4.92 Å². The highest BCUT2D eigenvalue weighted by atomic mass is 35.5. The molecular weight excluding hydrogens is 435 g/mol. The van der Waals surface area contributed by atoms with Crippen LogP contribution in [-0.4, -0.2) is 11.5 Å². The first-order chi connectivity index (χ1) is 15.4. The summed E-state index contributed by atoms with van der Waals surface area (Å²) in [6, 6.07) is 17.1. The van der Waals surface area contributed by atoms with Gasteiger partial charge in [-0.3, -0.25) is 10.1 Å². The van der Waals surface area contributed by atoms with Crippen LogP contribution in [0.2, 0.25) is 5.02 Å². The molecule has 0 radical (unpaired) electrons. The summed E-state index contributed by atoms with van der Waals surface area (Å²) >= 11 is 6.43. The number of hydrogen-bond acceptors (Lipinski definition) is 5. The Morgan fingerprint density at radius 1 is 1.19 bits per heavy atom. The van der Waals surface area contributed by atoms with Crippen LogP contribution >= 0.6 is 11.6 Å². The van der Waals surface area contributed by atoms with Crippen molar-refractivity contribution in [3.63, 3.8) is 0 Å². The third kappa shape index (κ3) is 5.62. The molecule has 0 fully saturated rings. The van der Waals surface area contributed by atoms with Gasteiger partial charge in [0, 0.05) is 12.1 Å². The monoisotopic (exact) mass is 452 g/mol. The van der Waals surface area contributed by atoms with Crippen molar-refractivity contribution in [3.05, 3.63) is 98.3 Å². The summed E-state index contributed by atoms with van der Waals surface area (Å²) in [4.78, 5) is 10.5. The van der Waals surface area contributed by atoms with Crippen molar-refractivity contribution in [2.45, 2.75) is 13.5 Å². The lowest BCUT2D eigenvalue weighted by atomic mass is 10.0. The van der Waals surface area contributed by atoms with Crippen LogP contribution in [0.25, 0.3) is 11.6 Å². The molecule has 0 aliphatic rings. The molecule has 6 nitrogen and oxygen atoms in total. The van der Waals surface area contributed by atoms with Crippen molar-refractivity contribution in [2.75, 3.05) is 6.61 Å². The normalized spacial score (nSPS) is 11.0. The van der Waals surface area contributed by atoms with Gasteiger partial charge in [0.1, 0.15) is 12.4 Å². The predicted octanol–water partition coefficient (Wildman–Crippen LogP) is 6.43. The molecule has 3 aromatic carbocycles. The second-order valence-electron chi connectivity index (χ2n) is 6.66. The van der Waals surface area contributed by atoms with E-state index in [4.69, 9.17) is 21.1 Å². The van der Waals surface area contributed by atoms with Gasteiger partial charge in [0.15, 0.2) is 11.5 Å². The topological polar surface area (TPSA) is 85.4 Å². The van der Waals surface area contributed by atoms with Crippen LogP contribution in [0, 0.1) is 27.3 Å². The Hall–Kier alpha value is -3.89. The zero-order valence-electron chi connectivity index (χ0n) is 17.0. The number of halogens is 2. The molecule has 3 rings (SSSR count). The third-order valence-corrected chi connectivity index (χ3v) is 4.71. The third-order valence-electron chi connectivity index (χ3n) is 4.43. The maximum absolute atomic E-state index is 13.1. The number of benzene rings is 3. The maximum Gasteiger partial charge on any atom is 0.270 e. The van der Waals surface area contributed by atoms with Crippen LogP contribution in [-0.2, 0) is 6.61 Å². The molecule has 0 spiro atoms. The molecule has 0 saturated heterocycles. The van der Waals surface area contributed by atoms with Gasteiger partial charge >= 0.3 is 0 Å². The Labute approximate surface area is 189 Å². The molecule has 0 amide bonds. The number of nitro groups is 1. The first kappa shape index (κ1) is 22.8. The summed E-state index contributed by atoms with van der Waals surface area (Å²) in [5.74, 6) is 0.364. The van der Waals surface area contributed by atoms with Gasteiger partial charge < -0.3 is 9.47 Å². The summed E-state index contributed by atoms with van der Waals surface area (Å²) in [7, 11) is 0. The lowest BCUT2D eigenvalue weighted by molar-refractivity contribution is -0.384. The van der Waals surface area contributed by atoms with Crippen LogP contribution < -0.4 is 9.47 Å². The van der Waals surface area contributed by atoms with Crippen molar-refractivity contribution >= 4 is 28.9 Å². The van der Waals surface area contributed by atoms with Crippen LogP contribution in [0.1, 0.15) is 23.6 Å². The summed E-state index contributed by atoms with van der Waals surface area (Å²) < 4.78 is 24.6. The summed E-state index contributed by atoms with van der Waals surface area (Å²) in [5, 5.41) is 20.9. The zero-order valence-corrected chi connectivity index (χ0v) is 17.8. The van der Waals surface area contributed by atoms with Crippen molar-refractivity contribution in [1.29, 1.82) is 5.26 Å². The van der Waals surface area contributed by atoms with Crippen LogP contribution in [0.15, 0.2) is 60.7 Å². The second kappa shape index (κ2) is 10.4. The Morgan fingerprint density at radius 3 is 2.59 bits per heavy atom. The van der Waals surface area contributed by atoms with Gasteiger partial charge in [-0.15, -0.1) is 0 Å². The van der Waals surface area contributed by atoms with E-state index >= 15 is 0 Å². The predicted molar refractivity (Wildman–Crippen MR) is 120 cm³/mol. The van der Waals surface area contributed by atoms with E-state index in [0.29, 0.717) is 29.2 Å². The van der Waals surface area contributed by atoms with Crippen LogP contribution in [0.3, 0.4) is 0 Å². The van der Waals surface area contributed by atoms with Gasteiger partial charge in [-0.25, -0.2) is 4.39 Å². The van der Waals surface area contributed by atoms with Crippen molar-refractivity contribution in [1.82, 2.24) is 0 Å². The summed E-state index contributed by atoms with van der Waals surface area (Å²) in [6.07, 6.45) is 1.57. The van der Waals surface area contributed by atoms with E-state index in [9.17, 15) is 19.8 Å². The van der Waals surface area contributed by atoms with Gasteiger partial charge in [-0.05, 0) is 54.0 Å². The van der Waals surface area contributed by atoms with Crippen molar-refractivity contribution in [2.24, 2.45) is 0 Å². The lowest BCUT2D eigenvalue weighted by Crippen LogP contribution is -2.01. The van der Waals surface area contributed by atoms with Gasteiger partial charge in [-0.2, -0.15) is 5.26 Å². The van der Waals surface area contributed by atoms with Crippen molar-refractivity contribution < 1.29 is 18.8 Å². The van der Waals surface area contributed by atoms with E-state index in [1.807, 2.05) is 6.92 Å². The van der Waals surface area contributed by atoms with Crippen molar-refractivity contribution in [3.8, 4) is 17.6 Å². The minimum atomic E-state index is -0.518. The SMILES string of the molecule is CCOc1cc(/C=C(/C#N)c2cccc([N+](=O)[O-])c2)cc(Cl)c1OCc1ccc(F)cc1. The van der Waals surface area contributed by atoms with Gasteiger partial charge in [0.2, 0.25) is 0 Å². The molecule has 0 N–H and O–H groups in total.